The van der Waals surface area contributed by atoms with Gasteiger partial charge in [-0.1, -0.05) is 34.5 Å². The van der Waals surface area contributed by atoms with Gasteiger partial charge in [-0.25, -0.2) is 0 Å². The number of hydrogen-bond acceptors (Lipinski definition) is 1. The Labute approximate surface area is 111 Å². The fraction of sp³-hybridized carbons (Fsp3) is 0.385. The standard InChI is InChI=1S/C13H15BrClN/c1-3-5-6-13(16-4-2)11-9-10(14)7-8-12(11)15/h7-9,13,16H,4,6H2,1-2H3. The Morgan fingerprint density at radius 1 is 1.50 bits per heavy atom. The second-order valence-electron chi connectivity index (χ2n) is 3.41. The van der Waals surface area contributed by atoms with E-state index in [4.69, 9.17) is 11.6 Å². The van der Waals surface area contributed by atoms with Crippen LogP contribution in [0, 0.1) is 11.8 Å². The minimum absolute atomic E-state index is 0.197. The lowest BCUT2D eigenvalue weighted by Crippen LogP contribution is -2.20. The summed E-state index contributed by atoms with van der Waals surface area (Å²) in [7, 11) is 0. The molecule has 0 fully saturated rings. The van der Waals surface area contributed by atoms with Gasteiger partial charge in [-0.2, -0.15) is 0 Å². The Kier molecular flexibility index (Phi) is 5.90. The fourth-order valence-corrected chi connectivity index (χ4v) is 2.15. The van der Waals surface area contributed by atoms with E-state index in [0.717, 1.165) is 28.0 Å². The van der Waals surface area contributed by atoms with E-state index in [1.54, 1.807) is 0 Å². The third kappa shape index (κ3) is 3.83. The summed E-state index contributed by atoms with van der Waals surface area (Å²) in [5, 5.41) is 4.18. The van der Waals surface area contributed by atoms with Crippen molar-refractivity contribution in [1.82, 2.24) is 5.32 Å². The molecule has 86 valence electrons. The Morgan fingerprint density at radius 2 is 2.25 bits per heavy atom. The summed E-state index contributed by atoms with van der Waals surface area (Å²) in [5.41, 5.74) is 1.10. The minimum atomic E-state index is 0.197. The molecule has 0 saturated heterocycles. The quantitative estimate of drug-likeness (QED) is 0.823. The Morgan fingerprint density at radius 3 is 2.88 bits per heavy atom. The van der Waals surface area contributed by atoms with Gasteiger partial charge in [-0.15, -0.1) is 11.8 Å². The van der Waals surface area contributed by atoms with Crippen molar-refractivity contribution < 1.29 is 0 Å². The van der Waals surface area contributed by atoms with Crippen molar-refractivity contribution in [2.24, 2.45) is 0 Å². The van der Waals surface area contributed by atoms with Gasteiger partial charge in [-0.05, 0) is 37.2 Å². The van der Waals surface area contributed by atoms with Gasteiger partial charge < -0.3 is 5.32 Å². The van der Waals surface area contributed by atoms with E-state index in [0.29, 0.717) is 0 Å². The van der Waals surface area contributed by atoms with E-state index in [9.17, 15) is 0 Å². The zero-order chi connectivity index (χ0) is 12.0. The second-order valence-corrected chi connectivity index (χ2v) is 4.73. The first-order valence-corrected chi connectivity index (χ1v) is 6.44. The molecule has 0 amide bonds. The minimum Gasteiger partial charge on any atom is -0.309 e. The first-order valence-electron chi connectivity index (χ1n) is 5.27. The van der Waals surface area contributed by atoms with Crippen molar-refractivity contribution in [2.75, 3.05) is 6.54 Å². The molecule has 0 spiro atoms. The number of nitrogens with one attached hydrogen (secondary N) is 1. The second kappa shape index (κ2) is 6.96. The molecule has 0 aliphatic rings. The van der Waals surface area contributed by atoms with Gasteiger partial charge >= 0.3 is 0 Å². The van der Waals surface area contributed by atoms with Gasteiger partial charge in [0, 0.05) is 22.0 Å². The molecule has 1 rings (SSSR count). The summed E-state index contributed by atoms with van der Waals surface area (Å²) in [4.78, 5) is 0. The smallest absolute Gasteiger partial charge is 0.0454 e. The topological polar surface area (TPSA) is 12.0 Å². The van der Waals surface area contributed by atoms with Gasteiger partial charge in [0.1, 0.15) is 0 Å². The monoisotopic (exact) mass is 299 g/mol. The van der Waals surface area contributed by atoms with Crippen LogP contribution in [0.5, 0.6) is 0 Å². The molecular formula is C13H15BrClN. The third-order valence-electron chi connectivity index (χ3n) is 2.27. The molecule has 1 nitrogen and oxygen atoms in total. The number of halogens is 2. The van der Waals surface area contributed by atoms with Gasteiger partial charge in [-0.3, -0.25) is 0 Å². The summed E-state index contributed by atoms with van der Waals surface area (Å²) < 4.78 is 1.04. The van der Waals surface area contributed by atoms with Crippen LogP contribution in [0.15, 0.2) is 22.7 Å². The highest BCUT2D eigenvalue weighted by Gasteiger charge is 2.12. The highest BCUT2D eigenvalue weighted by atomic mass is 79.9. The largest absolute Gasteiger partial charge is 0.309 e. The zero-order valence-corrected chi connectivity index (χ0v) is 11.8. The first kappa shape index (κ1) is 13.6. The summed E-state index contributed by atoms with van der Waals surface area (Å²) >= 11 is 9.66. The van der Waals surface area contributed by atoms with Crippen LogP contribution in [-0.2, 0) is 0 Å². The summed E-state index contributed by atoms with van der Waals surface area (Å²) in [6, 6.07) is 6.10. The van der Waals surface area contributed by atoms with Crippen molar-refractivity contribution in [2.45, 2.75) is 26.3 Å². The van der Waals surface area contributed by atoms with E-state index in [1.807, 2.05) is 25.1 Å². The van der Waals surface area contributed by atoms with Crippen LogP contribution in [0.3, 0.4) is 0 Å². The molecule has 0 heterocycles. The Balaban J connectivity index is 2.97. The van der Waals surface area contributed by atoms with Crippen LogP contribution in [0.25, 0.3) is 0 Å². The van der Waals surface area contributed by atoms with Gasteiger partial charge in [0.05, 0.1) is 0 Å². The van der Waals surface area contributed by atoms with Crippen molar-refractivity contribution in [3.05, 3.63) is 33.3 Å². The van der Waals surface area contributed by atoms with Crippen molar-refractivity contribution in [3.8, 4) is 11.8 Å². The number of hydrogen-bond donors (Lipinski definition) is 1. The lowest BCUT2D eigenvalue weighted by molar-refractivity contribution is 0.565. The van der Waals surface area contributed by atoms with E-state index in [-0.39, 0.29) is 6.04 Å². The zero-order valence-electron chi connectivity index (χ0n) is 9.48. The Hall–Kier alpha value is -0.490. The molecule has 1 atom stereocenters. The lowest BCUT2D eigenvalue weighted by Gasteiger charge is -2.17. The SMILES string of the molecule is CC#CCC(NCC)c1cc(Br)ccc1Cl. The Bertz CT molecular complexity index is 406. The van der Waals surface area contributed by atoms with Crippen LogP contribution in [0.1, 0.15) is 31.9 Å². The predicted molar refractivity (Wildman–Crippen MR) is 73.6 cm³/mol. The molecule has 16 heavy (non-hydrogen) atoms. The summed E-state index contributed by atoms with van der Waals surface area (Å²) in [6.07, 6.45) is 0.778. The molecule has 0 bridgehead atoms. The molecule has 1 N–H and O–H groups in total. The fourth-order valence-electron chi connectivity index (χ4n) is 1.52. The van der Waals surface area contributed by atoms with E-state index >= 15 is 0 Å². The molecule has 0 saturated carbocycles. The van der Waals surface area contributed by atoms with Gasteiger partial charge in [0.25, 0.3) is 0 Å². The molecule has 1 aromatic rings. The van der Waals surface area contributed by atoms with Gasteiger partial charge in [0.2, 0.25) is 0 Å². The maximum atomic E-state index is 6.20. The van der Waals surface area contributed by atoms with E-state index in [1.165, 1.54) is 0 Å². The summed E-state index contributed by atoms with van der Waals surface area (Å²) in [6.45, 7) is 4.84. The van der Waals surface area contributed by atoms with Crippen LogP contribution in [-0.4, -0.2) is 6.54 Å². The van der Waals surface area contributed by atoms with Crippen molar-refractivity contribution in [1.29, 1.82) is 0 Å². The van der Waals surface area contributed by atoms with E-state index < -0.39 is 0 Å². The maximum absolute atomic E-state index is 6.20. The average molecular weight is 301 g/mol. The molecule has 0 radical (unpaired) electrons. The highest BCUT2D eigenvalue weighted by molar-refractivity contribution is 9.10. The third-order valence-corrected chi connectivity index (χ3v) is 3.10. The van der Waals surface area contributed by atoms with Crippen molar-refractivity contribution >= 4 is 27.5 Å². The van der Waals surface area contributed by atoms with Crippen LogP contribution >= 0.6 is 27.5 Å². The predicted octanol–water partition coefficient (Wildman–Crippen LogP) is 4.17. The van der Waals surface area contributed by atoms with Crippen LogP contribution in [0.4, 0.5) is 0 Å². The average Bonchev–Trinajstić information content (AvgIpc) is 2.28. The molecule has 3 heteroatoms. The molecule has 0 aromatic heterocycles. The normalized spacial score (nSPS) is 11.8. The van der Waals surface area contributed by atoms with Crippen molar-refractivity contribution in [3.63, 3.8) is 0 Å². The molecule has 0 aliphatic heterocycles. The van der Waals surface area contributed by atoms with E-state index in [2.05, 4.69) is 40.0 Å². The lowest BCUT2D eigenvalue weighted by atomic mass is 10.0. The van der Waals surface area contributed by atoms with Gasteiger partial charge in [0.15, 0.2) is 0 Å². The number of rotatable bonds is 4. The molecular weight excluding hydrogens is 286 g/mol. The molecule has 0 aliphatic carbocycles. The first-order chi connectivity index (χ1) is 7.69. The maximum Gasteiger partial charge on any atom is 0.0454 e. The summed E-state index contributed by atoms with van der Waals surface area (Å²) in [5.74, 6) is 6.01. The highest BCUT2D eigenvalue weighted by Crippen LogP contribution is 2.28. The number of benzene rings is 1. The van der Waals surface area contributed by atoms with Crippen LogP contribution in [0.2, 0.25) is 5.02 Å². The van der Waals surface area contributed by atoms with Crippen LogP contribution < -0.4 is 5.32 Å². The molecule has 1 unspecified atom stereocenters. The molecule has 1 aromatic carbocycles.